The van der Waals surface area contributed by atoms with Crippen molar-refractivity contribution >= 4 is 5.91 Å². The Labute approximate surface area is 84.4 Å². The van der Waals surface area contributed by atoms with Crippen molar-refractivity contribution in [2.75, 3.05) is 13.7 Å². The van der Waals surface area contributed by atoms with Crippen molar-refractivity contribution in [1.82, 2.24) is 4.90 Å². The lowest BCUT2D eigenvalue weighted by Crippen LogP contribution is -2.40. The third kappa shape index (κ3) is 2.33. The van der Waals surface area contributed by atoms with E-state index >= 15 is 0 Å². The SMILES string of the molecule is CC(CO)N(C)C(=O)C1C=CC(N)C1. The zero-order valence-electron chi connectivity index (χ0n) is 8.68. The number of aliphatic hydroxyl groups excluding tert-OH is 1. The molecule has 1 amide bonds. The van der Waals surface area contributed by atoms with Gasteiger partial charge in [-0.1, -0.05) is 12.2 Å². The minimum atomic E-state index is -0.132. The summed E-state index contributed by atoms with van der Waals surface area (Å²) >= 11 is 0. The van der Waals surface area contributed by atoms with Gasteiger partial charge in [0.1, 0.15) is 0 Å². The Morgan fingerprint density at radius 2 is 2.36 bits per heavy atom. The first-order valence-electron chi connectivity index (χ1n) is 4.87. The van der Waals surface area contributed by atoms with Crippen molar-refractivity contribution in [3.05, 3.63) is 12.2 Å². The van der Waals surface area contributed by atoms with Crippen LogP contribution in [0.2, 0.25) is 0 Å². The van der Waals surface area contributed by atoms with Crippen molar-refractivity contribution in [3.8, 4) is 0 Å². The standard InChI is InChI=1S/C10H18N2O2/c1-7(6-13)12(2)10(14)8-3-4-9(11)5-8/h3-4,7-9,13H,5-6,11H2,1-2H3. The molecule has 14 heavy (non-hydrogen) atoms. The molecule has 1 rings (SSSR count). The van der Waals surface area contributed by atoms with Gasteiger partial charge in [-0.3, -0.25) is 4.79 Å². The topological polar surface area (TPSA) is 66.6 Å². The molecule has 0 aromatic heterocycles. The number of rotatable bonds is 3. The lowest BCUT2D eigenvalue weighted by Gasteiger charge is -2.25. The van der Waals surface area contributed by atoms with E-state index in [1.165, 1.54) is 0 Å². The van der Waals surface area contributed by atoms with Gasteiger partial charge in [0, 0.05) is 13.1 Å². The van der Waals surface area contributed by atoms with Crippen LogP contribution in [-0.4, -0.2) is 41.7 Å². The summed E-state index contributed by atoms with van der Waals surface area (Å²) in [6.07, 6.45) is 4.40. The summed E-state index contributed by atoms with van der Waals surface area (Å²) in [7, 11) is 1.71. The summed E-state index contributed by atoms with van der Waals surface area (Å²) in [4.78, 5) is 13.4. The molecule has 0 bridgehead atoms. The lowest BCUT2D eigenvalue weighted by atomic mass is 10.1. The monoisotopic (exact) mass is 198 g/mol. The third-order valence-corrected chi connectivity index (χ3v) is 2.71. The number of amides is 1. The van der Waals surface area contributed by atoms with Gasteiger partial charge in [0.05, 0.1) is 18.6 Å². The van der Waals surface area contributed by atoms with Gasteiger partial charge in [-0.25, -0.2) is 0 Å². The second-order valence-electron chi connectivity index (χ2n) is 3.87. The van der Waals surface area contributed by atoms with E-state index in [2.05, 4.69) is 0 Å². The van der Waals surface area contributed by atoms with E-state index in [1.54, 1.807) is 11.9 Å². The number of likely N-dealkylation sites (N-methyl/N-ethyl adjacent to an activating group) is 1. The summed E-state index contributed by atoms with van der Waals surface area (Å²) in [6, 6.07) is -0.130. The van der Waals surface area contributed by atoms with Crippen LogP contribution in [0.1, 0.15) is 13.3 Å². The van der Waals surface area contributed by atoms with Gasteiger partial charge in [0.15, 0.2) is 0 Å². The highest BCUT2D eigenvalue weighted by Crippen LogP contribution is 2.19. The largest absolute Gasteiger partial charge is 0.394 e. The number of nitrogens with two attached hydrogens (primary N) is 1. The molecule has 0 aliphatic heterocycles. The van der Waals surface area contributed by atoms with Crippen LogP contribution in [0.4, 0.5) is 0 Å². The number of nitrogens with zero attached hydrogens (tertiary/aromatic N) is 1. The normalized spacial score (nSPS) is 27.7. The molecule has 1 aliphatic rings. The number of carbonyl (C=O) groups excluding carboxylic acids is 1. The fourth-order valence-corrected chi connectivity index (χ4v) is 1.51. The second kappa shape index (κ2) is 4.57. The zero-order valence-corrected chi connectivity index (χ0v) is 8.68. The summed E-state index contributed by atoms with van der Waals surface area (Å²) in [6.45, 7) is 1.81. The quantitative estimate of drug-likeness (QED) is 0.613. The molecular weight excluding hydrogens is 180 g/mol. The van der Waals surface area contributed by atoms with Crippen LogP contribution >= 0.6 is 0 Å². The molecule has 80 valence electrons. The lowest BCUT2D eigenvalue weighted by molar-refractivity contribution is -0.135. The summed E-state index contributed by atoms with van der Waals surface area (Å²) in [5, 5.41) is 8.91. The average Bonchev–Trinajstić information content (AvgIpc) is 2.61. The number of aliphatic hydroxyl groups is 1. The Morgan fingerprint density at radius 3 is 2.79 bits per heavy atom. The molecule has 3 unspecified atom stereocenters. The van der Waals surface area contributed by atoms with Crippen LogP contribution in [-0.2, 0) is 4.79 Å². The van der Waals surface area contributed by atoms with Crippen molar-refractivity contribution in [2.45, 2.75) is 25.4 Å². The summed E-state index contributed by atoms with van der Waals surface area (Å²) in [5.41, 5.74) is 5.66. The molecule has 3 N–H and O–H groups in total. The first kappa shape index (κ1) is 11.2. The van der Waals surface area contributed by atoms with Crippen LogP contribution in [0.25, 0.3) is 0 Å². The smallest absolute Gasteiger partial charge is 0.229 e. The van der Waals surface area contributed by atoms with E-state index in [-0.39, 0.29) is 30.5 Å². The summed E-state index contributed by atoms with van der Waals surface area (Å²) < 4.78 is 0. The molecular formula is C10H18N2O2. The van der Waals surface area contributed by atoms with Crippen LogP contribution in [0, 0.1) is 5.92 Å². The van der Waals surface area contributed by atoms with E-state index in [0.29, 0.717) is 6.42 Å². The van der Waals surface area contributed by atoms with Crippen LogP contribution < -0.4 is 5.73 Å². The van der Waals surface area contributed by atoms with Crippen molar-refractivity contribution in [1.29, 1.82) is 0 Å². The van der Waals surface area contributed by atoms with Crippen molar-refractivity contribution in [2.24, 2.45) is 11.7 Å². The first-order chi connectivity index (χ1) is 6.56. The Morgan fingerprint density at radius 1 is 1.71 bits per heavy atom. The predicted octanol–water partition coefficient (Wildman–Crippen LogP) is -0.271. The van der Waals surface area contributed by atoms with Gasteiger partial charge in [0.2, 0.25) is 5.91 Å². The fourth-order valence-electron chi connectivity index (χ4n) is 1.51. The highest BCUT2D eigenvalue weighted by Gasteiger charge is 2.27. The van der Waals surface area contributed by atoms with Gasteiger partial charge >= 0.3 is 0 Å². The Hall–Kier alpha value is -0.870. The predicted molar refractivity (Wildman–Crippen MR) is 54.5 cm³/mol. The highest BCUT2D eigenvalue weighted by molar-refractivity contribution is 5.81. The molecule has 0 fully saturated rings. The number of hydrogen-bond donors (Lipinski definition) is 2. The minimum Gasteiger partial charge on any atom is -0.394 e. The molecule has 1 aliphatic carbocycles. The zero-order chi connectivity index (χ0) is 10.7. The maximum Gasteiger partial charge on any atom is 0.229 e. The minimum absolute atomic E-state index is 0.00165. The Balaban J connectivity index is 2.53. The Kier molecular flexibility index (Phi) is 3.66. The van der Waals surface area contributed by atoms with E-state index in [0.717, 1.165) is 0 Å². The van der Waals surface area contributed by atoms with E-state index in [4.69, 9.17) is 10.8 Å². The van der Waals surface area contributed by atoms with Gasteiger partial charge in [-0.15, -0.1) is 0 Å². The van der Waals surface area contributed by atoms with Gasteiger partial charge < -0.3 is 15.7 Å². The number of carbonyl (C=O) groups is 1. The van der Waals surface area contributed by atoms with Crippen LogP contribution in [0.5, 0.6) is 0 Å². The molecule has 0 heterocycles. The molecule has 3 atom stereocenters. The second-order valence-corrected chi connectivity index (χ2v) is 3.87. The third-order valence-electron chi connectivity index (χ3n) is 2.71. The van der Waals surface area contributed by atoms with Crippen LogP contribution in [0.15, 0.2) is 12.2 Å². The van der Waals surface area contributed by atoms with Crippen LogP contribution in [0.3, 0.4) is 0 Å². The summed E-state index contributed by atoms with van der Waals surface area (Å²) in [5.74, 6) is -0.0697. The molecule has 4 heteroatoms. The van der Waals surface area contributed by atoms with Gasteiger partial charge in [0.25, 0.3) is 0 Å². The van der Waals surface area contributed by atoms with Crippen molar-refractivity contribution in [3.63, 3.8) is 0 Å². The first-order valence-corrected chi connectivity index (χ1v) is 4.87. The molecule has 4 nitrogen and oxygen atoms in total. The fraction of sp³-hybridized carbons (Fsp3) is 0.700. The maximum atomic E-state index is 11.8. The molecule has 0 spiro atoms. The van der Waals surface area contributed by atoms with E-state index in [1.807, 2.05) is 19.1 Å². The average molecular weight is 198 g/mol. The molecule has 0 saturated carbocycles. The molecule has 0 aromatic carbocycles. The molecule has 0 radical (unpaired) electrons. The number of hydrogen-bond acceptors (Lipinski definition) is 3. The van der Waals surface area contributed by atoms with Gasteiger partial charge in [-0.2, -0.15) is 0 Å². The maximum absolute atomic E-state index is 11.8. The molecule has 0 saturated heterocycles. The van der Waals surface area contributed by atoms with Gasteiger partial charge in [-0.05, 0) is 13.3 Å². The highest BCUT2D eigenvalue weighted by atomic mass is 16.3. The molecule has 0 aromatic rings. The van der Waals surface area contributed by atoms with E-state index < -0.39 is 0 Å². The Bertz CT molecular complexity index is 240. The van der Waals surface area contributed by atoms with Crippen molar-refractivity contribution < 1.29 is 9.90 Å². The van der Waals surface area contributed by atoms with E-state index in [9.17, 15) is 4.79 Å².